The summed E-state index contributed by atoms with van der Waals surface area (Å²) in [5.41, 5.74) is 0. The predicted molar refractivity (Wildman–Crippen MR) is 111 cm³/mol. The molecule has 8 heteroatoms. The highest BCUT2D eigenvalue weighted by Gasteiger charge is 2.57. The molecule has 2 aliphatic rings. The lowest BCUT2D eigenvalue weighted by Crippen LogP contribution is -2.62. The molecule has 158 valence electrons. The third-order valence-corrected chi connectivity index (χ3v) is 11.6. The fourth-order valence-corrected chi connectivity index (χ4v) is 5.56. The van der Waals surface area contributed by atoms with E-state index >= 15 is 0 Å². The number of ether oxygens (including phenoxy) is 2. The van der Waals surface area contributed by atoms with Crippen molar-refractivity contribution >= 4 is 20.1 Å². The highest BCUT2D eigenvalue weighted by molar-refractivity contribution is 7.99. The Morgan fingerprint density at radius 2 is 1.64 bits per heavy atom. The van der Waals surface area contributed by atoms with Crippen LogP contribution >= 0.6 is 11.8 Å². The van der Waals surface area contributed by atoms with E-state index in [1.165, 1.54) is 0 Å². The molecule has 2 heterocycles. The molecule has 7 atom stereocenters. The molecular formula is C20H32O6SSi. The molecule has 2 aliphatic heterocycles. The quantitative estimate of drug-likeness (QED) is 0.490. The Morgan fingerprint density at radius 1 is 1.00 bits per heavy atom. The minimum absolute atomic E-state index is 0.0509. The summed E-state index contributed by atoms with van der Waals surface area (Å²) in [7, 11) is -2.22. The summed E-state index contributed by atoms with van der Waals surface area (Å²) in [6, 6.07) is 9.89. The number of benzene rings is 1. The molecular weight excluding hydrogens is 396 g/mol. The van der Waals surface area contributed by atoms with Gasteiger partial charge in [0, 0.05) is 10.6 Å². The number of thioether (sulfide) groups is 1. The zero-order valence-corrected chi connectivity index (χ0v) is 18.9. The van der Waals surface area contributed by atoms with Gasteiger partial charge in [-0.1, -0.05) is 39.0 Å². The Kier molecular flexibility index (Phi) is 6.63. The molecule has 0 aliphatic carbocycles. The van der Waals surface area contributed by atoms with Crippen molar-refractivity contribution in [1.29, 1.82) is 0 Å². The highest BCUT2D eigenvalue weighted by atomic mass is 32.2. The Balaban J connectivity index is 1.79. The topological polar surface area (TPSA) is 88.4 Å². The van der Waals surface area contributed by atoms with Gasteiger partial charge in [0.1, 0.15) is 30.5 Å². The van der Waals surface area contributed by atoms with Crippen molar-refractivity contribution < 1.29 is 29.2 Å². The highest BCUT2D eigenvalue weighted by Crippen LogP contribution is 2.42. The molecule has 2 saturated heterocycles. The van der Waals surface area contributed by atoms with Crippen LogP contribution < -0.4 is 0 Å². The number of hydrogen-bond acceptors (Lipinski definition) is 7. The lowest BCUT2D eigenvalue weighted by Gasteiger charge is -2.47. The zero-order chi connectivity index (χ0) is 20.7. The summed E-state index contributed by atoms with van der Waals surface area (Å²) < 4.78 is 18.0. The molecule has 0 amide bonds. The fraction of sp³-hybridized carbons (Fsp3) is 0.700. The predicted octanol–water partition coefficient (Wildman–Crippen LogP) is 2.38. The van der Waals surface area contributed by atoms with Gasteiger partial charge in [0.2, 0.25) is 0 Å². The normalized spacial score (nSPS) is 36.4. The van der Waals surface area contributed by atoms with E-state index in [1.807, 2.05) is 30.3 Å². The fourth-order valence-electron chi connectivity index (χ4n) is 3.27. The molecule has 0 saturated carbocycles. The molecule has 0 unspecified atom stereocenters. The van der Waals surface area contributed by atoms with Crippen LogP contribution in [-0.4, -0.2) is 72.3 Å². The molecule has 0 aromatic heterocycles. The smallest absolute Gasteiger partial charge is 0.192 e. The van der Waals surface area contributed by atoms with E-state index in [4.69, 9.17) is 13.9 Å². The van der Waals surface area contributed by atoms with E-state index in [9.17, 15) is 15.3 Å². The van der Waals surface area contributed by atoms with Gasteiger partial charge in [-0.25, -0.2) is 0 Å². The van der Waals surface area contributed by atoms with Gasteiger partial charge in [-0.2, -0.15) is 0 Å². The molecule has 2 fully saturated rings. The second-order valence-corrected chi connectivity index (χ2v) is 14.9. The number of aliphatic hydroxyl groups is 3. The molecule has 3 N–H and O–H groups in total. The number of fused-ring (bicyclic) bond motifs is 1. The van der Waals surface area contributed by atoms with E-state index in [2.05, 4.69) is 33.9 Å². The van der Waals surface area contributed by atoms with Gasteiger partial charge >= 0.3 is 0 Å². The summed E-state index contributed by atoms with van der Waals surface area (Å²) in [5.74, 6) is 0.509. The van der Waals surface area contributed by atoms with E-state index in [0.29, 0.717) is 5.75 Å². The van der Waals surface area contributed by atoms with Crippen molar-refractivity contribution in [2.24, 2.45) is 0 Å². The maximum atomic E-state index is 11.1. The lowest BCUT2D eigenvalue weighted by atomic mass is 9.94. The molecule has 6 nitrogen and oxygen atoms in total. The molecule has 0 radical (unpaired) electrons. The van der Waals surface area contributed by atoms with Crippen LogP contribution in [0.2, 0.25) is 18.1 Å². The first kappa shape index (κ1) is 22.2. The van der Waals surface area contributed by atoms with Crippen LogP contribution in [0.5, 0.6) is 0 Å². The third kappa shape index (κ3) is 4.49. The van der Waals surface area contributed by atoms with Crippen LogP contribution in [0.25, 0.3) is 0 Å². The summed E-state index contributed by atoms with van der Waals surface area (Å²) in [5, 5.41) is 31.3. The maximum Gasteiger partial charge on any atom is 0.192 e. The van der Waals surface area contributed by atoms with Crippen molar-refractivity contribution in [3.63, 3.8) is 0 Å². The van der Waals surface area contributed by atoms with Gasteiger partial charge in [-0.15, -0.1) is 11.8 Å². The second-order valence-electron chi connectivity index (χ2n) is 9.08. The number of rotatable bonds is 5. The van der Waals surface area contributed by atoms with E-state index in [0.717, 1.165) is 4.90 Å². The molecule has 1 aromatic rings. The van der Waals surface area contributed by atoms with Crippen molar-refractivity contribution in [2.45, 2.75) is 86.7 Å². The largest absolute Gasteiger partial charge is 0.408 e. The van der Waals surface area contributed by atoms with Crippen LogP contribution in [0, 0.1) is 0 Å². The average molecular weight is 429 g/mol. The standard InChI is InChI=1S/C20H32O6SSi/c1-20(2,3)28(4,5)26-17-14(21)13(11-27-12-9-7-6-8-10-12)24-16-15(22)19(23)25-18(16)17/h6-10,13-19,21-23H,11H2,1-5H3/t13-,14+,15-,16+,17-,18+,19+/m1/s1. The minimum atomic E-state index is -2.22. The summed E-state index contributed by atoms with van der Waals surface area (Å²) in [6.07, 6.45) is -6.04. The van der Waals surface area contributed by atoms with Crippen LogP contribution in [-0.2, 0) is 13.9 Å². The first-order valence-electron chi connectivity index (χ1n) is 9.72. The zero-order valence-electron chi connectivity index (χ0n) is 17.1. The Morgan fingerprint density at radius 3 is 2.25 bits per heavy atom. The van der Waals surface area contributed by atoms with Gasteiger partial charge in [0.25, 0.3) is 0 Å². The SMILES string of the molecule is CC(C)(C)[Si](C)(C)O[C@@H]1[C@@H](O)[C@@H](CSc2ccccc2)O[C@H]2[C@@H](O)[C@@H](O)O[C@H]12. The monoisotopic (exact) mass is 428 g/mol. The van der Waals surface area contributed by atoms with Crippen LogP contribution in [0.4, 0.5) is 0 Å². The molecule has 3 rings (SSSR count). The Labute approximate surface area is 172 Å². The van der Waals surface area contributed by atoms with Crippen LogP contribution in [0.15, 0.2) is 35.2 Å². The third-order valence-electron chi connectivity index (χ3n) is 6.02. The Bertz CT molecular complexity index is 652. The molecule has 0 spiro atoms. The first-order valence-corrected chi connectivity index (χ1v) is 13.6. The van der Waals surface area contributed by atoms with Crippen molar-refractivity contribution in [1.82, 2.24) is 0 Å². The van der Waals surface area contributed by atoms with Gasteiger partial charge < -0.3 is 29.2 Å². The van der Waals surface area contributed by atoms with Gasteiger partial charge in [-0.3, -0.25) is 0 Å². The molecule has 28 heavy (non-hydrogen) atoms. The van der Waals surface area contributed by atoms with Crippen molar-refractivity contribution in [2.75, 3.05) is 5.75 Å². The van der Waals surface area contributed by atoms with Crippen LogP contribution in [0.3, 0.4) is 0 Å². The lowest BCUT2D eigenvalue weighted by molar-refractivity contribution is -0.211. The maximum absolute atomic E-state index is 11.1. The van der Waals surface area contributed by atoms with E-state index in [-0.39, 0.29) is 5.04 Å². The van der Waals surface area contributed by atoms with Gasteiger partial charge in [0.15, 0.2) is 14.6 Å². The van der Waals surface area contributed by atoms with E-state index in [1.54, 1.807) is 11.8 Å². The molecule has 1 aromatic carbocycles. The van der Waals surface area contributed by atoms with Crippen molar-refractivity contribution in [3.05, 3.63) is 30.3 Å². The van der Waals surface area contributed by atoms with Crippen LogP contribution in [0.1, 0.15) is 20.8 Å². The summed E-state index contributed by atoms with van der Waals surface area (Å²) in [4.78, 5) is 1.07. The van der Waals surface area contributed by atoms with Gasteiger partial charge in [-0.05, 0) is 30.3 Å². The van der Waals surface area contributed by atoms with Gasteiger partial charge in [0.05, 0.1) is 6.10 Å². The summed E-state index contributed by atoms with van der Waals surface area (Å²) in [6.45, 7) is 10.6. The number of aliphatic hydroxyl groups excluding tert-OH is 3. The molecule has 0 bridgehead atoms. The first-order chi connectivity index (χ1) is 13.0. The Hall–Kier alpha value is -0.453. The van der Waals surface area contributed by atoms with E-state index < -0.39 is 51.2 Å². The average Bonchev–Trinajstić information content (AvgIpc) is 2.90. The number of hydrogen-bond donors (Lipinski definition) is 3. The minimum Gasteiger partial charge on any atom is -0.408 e. The summed E-state index contributed by atoms with van der Waals surface area (Å²) >= 11 is 1.58. The second kappa shape index (κ2) is 8.35. The van der Waals surface area contributed by atoms with Crippen molar-refractivity contribution in [3.8, 4) is 0 Å².